The van der Waals surface area contributed by atoms with Gasteiger partial charge in [0, 0.05) is 18.8 Å². The summed E-state index contributed by atoms with van der Waals surface area (Å²) in [6, 6.07) is 20.4. The van der Waals surface area contributed by atoms with Crippen LogP contribution in [0.4, 0.5) is 27.9 Å². The second kappa shape index (κ2) is 9.58. The first-order chi connectivity index (χ1) is 16.2. The lowest BCUT2D eigenvalue weighted by atomic mass is 10.1. The first-order valence-corrected chi connectivity index (χ1v) is 10.6. The highest BCUT2D eigenvalue weighted by Crippen LogP contribution is 2.22. The Hall–Kier alpha value is -4.11. The van der Waals surface area contributed by atoms with Crippen LogP contribution in [-0.2, 0) is 4.74 Å². The number of fused-ring (bicyclic) bond motifs is 1. The molecule has 9 heteroatoms. The summed E-state index contributed by atoms with van der Waals surface area (Å²) in [6.07, 6.45) is 1.51. The zero-order chi connectivity index (χ0) is 22.5. The van der Waals surface area contributed by atoms with Gasteiger partial charge in [-0.1, -0.05) is 42.5 Å². The third-order valence-corrected chi connectivity index (χ3v) is 5.15. The minimum absolute atomic E-state index is 0.280. The second-order valence-corrected chi connectivity index (χ2v) is 7.49. The van der Waals surface area contributed by atoms with Gasteiger partial charge in [-0.15, -0.1) is 0 Å². The van der Waals surface area contributed by atoms with Crippen LogP contribution < -0.4 is 15.6 Å². The summed E-state index contributed by atoms with van der Waals surface area (Å²) in [7, 11) is 0. The van der Waals surface area contributed by atoms with Gasteiger partial charge in [0.2, 0.25) is 17.8 Å². The van der Waals surface area contributed by atoms with E-state index in [9.17, 15) is 4.39 Å². The quantitative estimate of drug-likeness (QED) is 0.341. The molecule has 0 saturated carbocycles. The number of nitrogens with one attached hydrogen (secondary N) is 2. The normalized spacial score (nSPS) is 14.0. The van der Waals surface area contributed by atoms with Crippen molar-refractivity contribution in [3.8, 4) is 0 Å². The van der Waals surface area contributed by atoms with E-state index >= 15 is 0 Å². The number of benzene rings is 3. The summed E-state index contributed by atoms with van der Waals surface area (Å²) in [5, 5.41) is 9.70. The largest absolute Gasteiger partial charge is 0.378 e. The van der Waals surface area contributed by atoms with Crippen molar-refractivity contribution in [3.05, 3.63) is 78.1 Å². The van der Waals surface area contributed by atoms with Crippen LogP contribution in [0.3, 0.4) is 0 Å². The molecule has 0 atom stereocenters. The van der Waals surface area contributed by atoms with Crippen molar-refractivity contribution in [1.29, 1.82) is 0 Å². The topological polar surface area (TPSA) is 87.6 Å². The predicted molar refractivity (Wildman–Crippen MR) is 128 cm³/mol. The highest BCUT2D eigenvalue weighted by atomic mass is 19.1. The Morgan fingerprint density at radius 2 is 1.70 bits per heavy atom. The van der Waals surface area contributed by atoms with Crippen LogP contribution in [0.5, 0.6) is 0 Å². The minimum atomic E-state index is -0.324. The maximum atomic E-state index is 13.4. The number of anilines is 4. The standard InChI is InChI=1S/C24H22FN7O/c25-20-7-3-4-17(14-20)16-26-31-23-28-22(29-24(30-23)32-10-12-33-13-11-32)27-21-9-8-18-5-1-2-6-19(18)15-21/h1-9,14-16H,10-13H2,(H2,27,28,29,30,31). The molecule has 0 bridgehead atoms. The number of hydrogen-bond acceptors (Lipinski definition) is 8. The molecule has 1 fully saturated rings. The van der Waals surface area contributed by atoms with E-state index in [1.54, 1.807) is 12.1 Å². The molecular formula is C24H22FN7O. The molecule has 3 aromatic carbocycles. The van der Waals surface area contributed by atoms with Gasteiger partial charge in [-0.05, 0) is 40.6 Å². The molecule has 1 saturated heterocycles. The lowest BCUT2D eigenvalue weighted by Crippen LogP contribution is -2.37. The number of rotatable bonds is 6. The average Bonchev–Trinajstić information content (AvgIpc) is 2.84. The summed E-state index contributed by atoms with van der Waals surface area (Å²) >= 11 is 0. The zero-order valence-electron chi connectivity index (χ0n) is 17.8. The van der Waals surface area contributed by atoms with Crippen molar-refractivity contribution in [3.63, 3.8) is 0 Å². The van der Waals surface area contributed by atoms with Crippen LogP contribution >= 0.6 is 0 Å². The molecule has 1 aromatic heterocycles. The lowest BCUT2D eigenvalue weighted by molar-refractivity contribution is 0.122. The molecule has 1 aliphatic rings. The number of morpholine rings is 1. The molecule has 0 unspecified atom stereocenters. The van der Waals surface area contributed by atoms with Gasteiger partial charge in [-0.2, -0.15) is 20.1 Å². The average molecular weight is 443 g/mol. The van der Waals surface area contributed by atoms with Crippen molar-refractivity contribution in [2.75, 3.05) is 41.9 Å². The number of hydrazone groups is 1. The molecular weight excluding hydrogens is 421 g/mol. The van der Waals surface area contributed by atoms with Crippen LogP contribution in [0.15, 0.2) is 71.8 Å². The van der Waals surface area contributed by atoms with Crippen molar-refractivity contribution in [1.82, 2.24) is 15.0 Å². The van der Waals surface area contributed by atoms with E-state index in [1.807, 2.05) is 35.2 Å². The molecule has 0 spiro atoms. The van der Waals surface area contributed by atoms with Crippen LogP contribution in [0.25, 0.3) is 10.8 Å². The Kier molecular flexibility index (Phi) is 6.03. The summed E-state index contributed by atoms with van der Waals surface area (Å²) in [5.74, 6) is 0.878. The number of halogens is 1. The molecule has 5 rings (SSSR count). The molecule has 0 amide bonds. The first-order valence-electron chi connectivity index (χ1n) is 10.6. The van der Waals surface area contributed by atoms with E-state index in [1.165, 1.54) is 18.3 Å². The number of hydrogen-bond donors (Lipinski definition) is 2. The van der Waals surface area contributed by atoms with E-state index < -0.39 is 0 Å². The Balaban J connectivity index is 1.41. The smallest absolute Gasteiger partial charge is 0.250 e. The Morgan fingerprint density at radius 3 is 2.55 bits per heavy atom. The van der Waals surface area contributed by atoms with Crippen LogP contribution in [0.1, 0.15) is 5.56 Å². The van der Waals surface area contributed by atoms with Crippen molar-refractivity contribution in [2.45, 2.75) is 0 Å². The second-order valence-electron chi connectivity index (χ2n) is 7.49. The van der Waals surface area contributed by atoms with Gasteiger partial charge in [0.25, 0.3) is 0 Å². The summed E-state index contributed by atoms with van der Waals surface area (Å²) in [4.78, 5) is 15.6. The molecule has 4 aromatic rings. The maximum Gasteiger partial charge on any atom is 0.250 e. The molecule has 1 aliphatic heterocycles. The van der Waals surface area contributed by atoms with Crippen molar-refractivity contribution >= 4 is 40.5 Å². The number of nitrogens with zero attached hydrogens (tertiary/aromatic N) is 5. The van der Waals surface area contributed by atoms with E-state index in [0.29, 0.717) is 43.8 Å². The van der Waals surface area contributed by atoms with Gasteiger partial charge < -0.3 is 15.0 Å². The summed E-state index contributed by atoms with van der Waals surface area (Å²) in [6.45, 7) is 2.59. The summed E-state index contributed by atoms with van der Waals surface area (Å²) in [5.41, 5.74) is 4.32. The van der Waals surface area contributed by atoms with Gasteiger partial charge in [-0.25, -0.2) is 9.82 Å². The van der Waals surface area contributed by atoms with Crippen LogP contribution in [0.2, 0.25) is 0 Å². The van der Waals surface area contributed by atoms with Gasteiger partial charge in [0.05, 0.1) is 19.4 Å². The van der Waals surface area contributed by atoms with Gasteiger partial charge in [0.15, 0.2) is 0 Å². The molecule has 0 radical (unpaired) electrons. The SMILES string of the molecule is Fc1cccc(C=NNc2nc(Nc3ccc4ccccc4c3)nc(N3CCOCC3)n2)c1. The van der Waals surface area contributed by atoms with Crippen LogP contribution in [0, 0.1) is 5.82 Å². The Bertz CT molecular complexity index is 1290. The van der Waals surface area contributed by atoms with Crippen molar-refractivity contribution in [2.24, 2.45) is 5.10 Å². The molecule has 166 valence electrons. The molecule has 0 aliphatic carbocycles. The Morgan fingerprint density at radius 1 is 0.879 bits per heavy atom. The van der Waals surface area contributed by atoms with Crippen molar-refractivity contribution < 1.29 is 9.13 Å². The monoisotopic (exact) mass is 443 g/mol. The highest BCUT2D eigenvalue weighted by molar-refractivity contribution is 5.86. The molecule has 33 heavy (non-hydrogen) atoms. The fourth-order valence-electron chi connectivity index (χ4n) is 3.52. The predicted octanol–water partition coefficient (Wildman–Crippen LogP) is 4.19. The lowest BCUT2D eigenvalue weighted by Gasteiger charge is -2.27. The Labute approximate surface area is 190 Å². The van der Waals surface area contributed by atoms with Gasteiger partial charge in [-0.3, -0.25) is 0 Å². The number of aromatic nitrogens is 3. The molecule has 2 N–H and O–H groups in total. The zero-order valence-corrected chi connectivity index (χ0v) is 17.8. The third-order valence-electron chi connectivity index (χ3n) is 5.15. The fourth-order valence-corrected chi connectivity index (χ4v) is 3.52. The maximum absolute atomic E-state index is 13.4. The van der Waals surface area contributed by atoms with Gasteiger partial charge in [0.1, 0.15) is 5.82 Å². The van der Waals surface area contributed by atoms with E-state index in [2.05, 4.69) is 42.9 Å². The fraction of sp³-hybridized carbons (Fsp3) is 0.167. The van der Waals surface area contributed by atoms with Gasteiger partial charge >= 0.3 is 0 Å². The highest BCUT2D eigenvalue weighted by Gasteiger charge is 2.17. The van der Waals surface area contributed by atoms with Crippen LogP contribution in [-0.4, -0.2) is 47.5 Å². The first kappa shape index (κ1) is 20.8. The van der Waals surface area contributed by atoms with E-state index in [0.717, 1.165) is 16.5 Å². The molecule has 2 heterocycles. The van der Waals surface area contributed by atoms with E-state index in [4.69, 9.17) is 4.74 Å². The minimum Gasteiger partial charge on any atom is -0.378 e. The third kappa shape index (κ3) is 5.21. The summed E-state index contributed by atoms with van der Waals surface area (Å²) < 4.78 is 18.8. The number of ether oxygens (including phenoxy) is 1. The molecule has 8 nitrogen and oxygen atoms in total. The van der Waals surface area contributed by atoms with E-state index in [-0.39, 0.29) is 11.8 Å².